The summed E-state index contributed by atoms with van der Waals surface area (Å²) in [5.41, 5.74) is 2.69. The van der Waals surface area contributed by atoms with Crippen molar-refractivity contribution in [3.8, 4) is 11.1 Å². The zero-order valence-electron chi connectivity index (χ0n) is 24.1. The lowest BCUT2D eigenvalue weighted by Gasteiger charge is -2.35. The Balaban J connectivity index is 1.72. The minimum Gasteiger partial charge on any atom is -0.480 e. The van der Waals surface area contributed by atoms with Gasteiger partial charge in [-0.1, -0.05) is 88.6 Å². The van der Waals surface area contributed by atoms with E-state index >= 15 is 0 Å². The van der Waals surface area contributed by atoms with Crippen LogP contribution in [0.2, 0.25) is 0 Å². The third-order valence-corrected chi connectivity index (χ3v) is 8.22. The van der Waals surface area contributed by atoms with E-state index in [9.17, 15) is 19.5 Å². The number of alkyl carbamates (subject to hydrolysis) is 1. The van der Waals surface area contributed by atoms with Gasteiger partial charge in [-0.05, 0) is 46.9 Å². The molecule has 0 spiro atoms. The molecule has 1 saturated heterocycles. The van der Waals surface area contributed by atoms with Crippen molar-refractivity contribution < 1.29 is 29.0 Å². The minimum atomic E-state index is -1.11. The van der Waals surface area contributed by atoms with Gasteiger partial charge in [0.2, 0.25) is 5.91 Å². The highest BCUT2D eigenvalue weighted by Gasteiger charge is 2.52. The predicted molar refractivity (Wildman–Crippen MR) is 153 cm³/mol. The van der Waals surface area contributed by atoms with Gasteiger partial charge in [-0.2, -0.15) is 0 Å². The van der Waals surface area contributed by atoms with Crippen molar-refractivity contribution in [2.24, 2.45) is 5.41 Å². The topological polar surface area (TPSA) is 105 Å². The molecule has 3 aliphatic rings. The molecule has 40 heavy (non-hydrogen) atoms. The summed E-state index contributed by atoms with van der Waals surface area (Å²) in [4.78, 5) is 40.3. The van der Waals surface area contributed by atoms with E-state index in [1.807, 2.05) is 51.1 Å². The fraction of sp³-hybridized carbons (Fsp3) is 0.531. The van der Waals surface area contributed by atoms with Gasteiger partial charge in [-0.25, -0.2) is 9.59 Å². The number of carboxylic acid groups (broad SMARTS) is 1. The Morgan fingerprint density at radius 3 is 2.38 bits per heavy atom. The van der Waals surface area contributed by atoms with E-state index in [2.05, 4.69) is 23.5 Å². The molecular formula is C32H42N2O6. The molecule has 3 aliphatic heterocycles. The summed E-state index contributed by atoms with van der Waals surface area (Å²) in [6.07, 6.45) is 5.32. The van der Waals surface area contributed by atoms with Gasteiger partial charge in [0.05, 0.1) is 13.2 Å². The number of nitrogens with zero attached hydrogens (tertiary/aromatic N) is 1. The summed E-state index contributed by atoms with van der Waals surface area (Å²) in [6.45, 7) is 5.83. The molecular weight excluding hydrogens is 508 g/mol. The first-order valence-electron chi connectivity index (χ1n) is 14.3. The average Bonchev–Trinajstić information content (AvgIpc) is 3.34. The highest BCUT2D eigenvalue weighted by molar-refractivity contribution is 5.90. The molecule has 4 bridgehead atoms. The smallest absolute Gasteiger partial charge is 0.407 e. The molecule has 2 N–H and O–H groups in total. The van der Waals surface area contributed by atoms with Gasteiger partial charge >= 0.3 is 12.1 Å². The van der Waals surface area contributed by atoms with Gasteiger partial charge in [-0.3, -0.25) is 4.79 Å². The van der Waals surface area contributed by atoms with E-state index in [-0.39, 0.29) is 19.6 Å². The lowest BCUT2D eigenvalue weighted by Crippen LogP contribution is -2.57. The Hall–Kier alpha value is -3.39. The molecule has 0 aromatic heterocycles. The minimum absolute atomic E-state index is 0.0541. The summed E-state index contributed by atoms with van der Waals surface area (Å²) in [5, 5.41) is 12.9. The summed E-state index contributed by atoms with van der Waals surface area (Å²) < 4.78 is 11.4. The van der Waals surface area contributed by atoms with Crippen LogP contribution >= 0.6 is 0 Å². The second-order valence-corrected chi connectivity index (χ2v) is 12.1. The number of carboxylic acids is 1. The van der Waals surface area contributed by atoms with Gasteiger partial charge < -0.3 is 24.8 Å². The van der Waals surface area contributed by atoms with Crippen LogP contribution in [-0.4, -0.2) is 60.3 Å². The Morgan fingerprint density at radius 1 is 1.02 bits per heavy atom. The lowest BCUT2D eigenvalue weighted by atomic mass is 9.85. The van der Waals surface area contributed by atoms with Crippen LogP contribution < -0.4 is 5.32 Å². The van der Waals surface area contributed by atoms with E-state index in [1.165, 1.54) is 16.0 Å². The summed E-state index contributed by atoms with van der Waals surface area (Å²) in [5.74, 6) is -1.57. The highest BCUT2D eigenvalue weighted by Crippen LogP contribution is 2.41. The van der Waals surface area contributed by atoms with E-state index in [4.69, 9.17) is 9.47 Å². The molecule has 3 heterocycles. The number of ether oxygens (including phenoxy) is 2. The largest absolute Gasteiger partial charge is 0.480 e. The van der Waals surface area contributed by atoms with Crippen LogP contribution in [0.15, 0.2) is 48.5 Å². The van der Waals surface area contributed by atoms with E-state index in [0.29, 0.717) is 0 Å². The first kappa shape index (κ1) is 29.6. The maximum atomic E-state index is 13.9. The van der Waals surface area contributed by atoms with Gasteiger partial charge in [0.1, 0.15) is 17.7 Å². The number of methoxy groups -OCH3 is 1. The fourth-order valence-corrected chi connectivity index (χ4v) is 5.86. The maximum Gasteiger partial charge on any atom is 0.407 e. The number of carbonyl (C=O) groups is 3. The molecule has 8 nitrogen and oxygen atoms in total. The number of rotatable bonds is 2. The fourth-order valence-electron chi connectivity index (χ4n) is 5.86. The Bertz CT molecular complexity index is 1200. The van der Waals surface area contributed by atoms with Crippen molar-refractivity contribution in [2.45, 2.75) is 83.4 Å². The van der Waals surface area contributed by atoms with Crippen LogP contribution in [0, 0.1) is 5.41 Å². The Morgan fingerprint density at radius 2 is 1.70 bits per heavy atom. The molecule has 0 radical (unpaired) electrons. The zero-order chi connectivity index (χ0) is 28.9. The Labute approximate surface area is 237 Å². The monoisotopic (exact) mass is 550 g/mol. The zero-order valence-corrected chi connectivity index (χ0v) is 24.1. The third kappa shape index (κ3) is 6.49. The number of hydrogen-bond donors (Lipinski definition) is 2. The van der Waals surface area contributed by atoms with Crippen molar-refractivity contribution >= 4 is 18.0 Å². The first-order valence-corrected chi connectivity index (χ1v) is 14.3. The number of aliphatic carboxylic acids is 1. The predicted octanol–water partition coefficient (Wildman–Crippen LogP) is 5.53. The van der Waals surface area contributed by atoms with Gasteiger partial charge in [-0.15, -0.1) is 0 Å². The summed E-state index contributed by atoms with van der Waals surface area (Å²) in [6, 6.07) is 14.4. The number of fused-ring (bicyclic) bond motifs is 13. The second-order valence-electron chi connectivity index (χ2n) is 12.1. The van der Waals surface area contributed by atoms with Crippen LogP contribution in [0.25, 0.3) is 11.1 Å². The van der Waals surface area contributed by atoms with Crippen LogP contribution in [0.4, 0.5) is 4.79 Å². The maximum absolute atomic E-state index is 13.9. The van der Waals surface area contributed by atoms with Crippen molar-refractivity contribution in [3.05, 3.63) is 59.7 Å². The molecule has 0 saturated carbocycles. The number of amides is 2. The van der Waals surface area contributed by atoms with E-state index in [1.54, 1.807) is 7.11 Å². The van der Waals surface area contributed by atoms with Crippen LogP contribution in [-0.2, 0) is 31.1 Å². The molecule has 3 atom stereocenters. The molecule has 5 rings (SSSR count). The molecule has 216 valence electrons. The van der Waals surface area contributed by atoms with Crippen LogP contribution in [0.5, 0.6) is 0 Å². The SMILES string of the molecule is COC12CC(C(=O)O)N(C1)C(=O)C(C(C)(C)C)NC(=O)OCCCCCCCc1ccccc1-c1ccc2cc1. The molecule has 3 unspecified atom stereocenters. The van der Waals surface area contributed by atoms with Crippen LogP contribution in [0.3, 0.4) is 0 Å². The lowest BCUT2D eigenvalue weighted by molar-refractivity contribution is -0.150. The Kier molecular flexibility index (Phi) is 9.19. The second kappa shape index (κ2) is 12.4. The van der Waals surface area contributed by atoms with Gasteiger partial charge in [0.15, 0.2) is 0 Å². The molecule has 1 fully saturated rings. The quantitative estimate of drug-likeness (QED) is 0.510. The highest BCUT2D eigenvalue weighted by atomic mass is 16.5. The van der Waals surface area contributed by atoms with Gasteiger partial charge in [0, 0.05) is 13.5 Å². The van der Waals surface area contributed by atoms with Crippen molar-refractivity contribution in [3.63, 3.8) is 0 Å². The normalized spacial score (nSPS) is 24.9. The summed E-state index contributed by atoms with van der Waals surface area (Å²) >= 11 is 0. The molecule has 8 heteroatoms. The number of hydrogen-bond acceptors (Lipinski definition) is 5. The molecule has 0 aliphatic carbocycles. The van der Waals surface area contributed by atoms with E-state index < -0.39 is 41.1 Å². The van der Waals surface area contributed by atoms with Gasteiger partial charge in [0.25, 0.3) is 0 Å². The number of carbonyl (C=O) groups excluding carboxylic acids is 2. The van der Waals surface area contributed by atoms with Crippen LogP contribution in [0.1, 0.15) is 70.4 Å². The third-order valence-electron chi connectivity index (χ3n) is 8.22. The number of aryl methyl sites for hydroxylation is 1. The molecule has 2 aromatic carbocycles. The van der Waals surface area contributed by atoms with E-state index in [0.717, 1.165) is 49.7 Å². The number of benzene rings is 2. The first-order chi connectivity index (χ1) is 19.1. The van der Waals surface area contributed by atoms with Crippen molar-refractivity contribution in [1.82, 2.24) is 10.2 Å². The molecule has 2 amide bonds. The van der Waals surface area contributed by atoms with Crippen molar-refractivity contribution in [2.75, 3.05) is 20.3 Å². The summed E-state index contributed by atoms with van der Waals surface area (Å²) in [7, 11) is 1.55. The molecule has 2 aromatic rings. The standard InChI is InChI=1S/C32H42N2O6/c1-31(2,3)27-28(35)34-21-32(39-4,20-26(34)29(36)37)24-17-15-23(16-18-24)25-14-10-9-13-22(25)12-8-6-5-7-11-19-40-30(38)33-27/h9-10,13-18,26-27H,5-8,11-12,19-21H2,1-4H3,(H,33,38)(H,36,37). The average molecular weight is 551 g/mol. The van der Waals surface area contributed by atoms with Crippen molar-refractivity contribution in [1.29, 1.82) is 0 Å². The number of nitrogens with one attached hydrogen (secondary N) is 1.